The molecule has 0 saturated carbocycles. The summed E-state index contributed by atoms with van der Waals surface area (Å²) in [4.78, 5) is 45.9. The van der Waals surface area contributed by atoms with Gasteiger partial charge in [-0.3, -0.25) is 23.4 Å². The van der Waals surface area contributed by atoms with Gasteiger partial charge < -0.3 is 25.2 Å². The fourth-order valence-electron chi connectivity index (χ4n) is 5.98. The van der Waals surface area contributed by atoms with Crippen molar-refractivity contribution in [1.29, 1.82) is 0 Å². The van der Waals surface area contributed by atoms with E-state index in [1.54, 1.807) is 0 Å². The molecule has 1 unspecified atom stereocenters. The van der Waals surface area contributed by atoms with Crippen LogP contribution in [0.4, 0.5) is 0 Å². The van der Waals surface area contributed by atoms with E-state index in [0.29, 0.717) is 12.8 Å². The van der Waals surface area contributed by atoms with Crippen molar-refractivity contribution in [2.24, 2.45) is 5.73 Å². The Labute approximate surface area is 334 Å². The molecule has 0 rings (SSSR count). The molecule has 0 heterocycles. The zero-order valence-corrected chi connectivity index (χ0v) is 35.7. The predicted octanol–water partition coefficient (Wildman–Crippen LogP) is 11.5. The summed E-state index contributed by atoms with van der Waals surface area (Å²) in [6.07, 6.45) is 39.5. The van der Waals surface area contributed by atoms with E-state index < -0.39 is 51.1 Å². The fourth-order valence-corrected chi connectivity index (χ4v) is 6.76. The molecule has 0 bridgehead atoms. The molecule has 3 atom stereocenters. The number of unbranched alkanes of at least 4 members (excludes halogenated alkanes) is 23. The van der Waals surface area contributed by atoms with Crippen LogP contribution in [0.2, 0.25) is 0 Å². The molecule has 0 aliphatic heterocycles. The van der Waals surface area contributed by atoms with Crippen molar-refractivity contribution < 1.29 is 47.5 Å². The molecule has 0 aliphatic carbocycles. The topological polar surface area (TPSA) is 172 Å². The molecule has 0 radical (unpaired) electrons. The van der Waals surface area contributed by atoms with Gasteiger partial charge in [0.25, 0.3) is 0 Å². The Kier molecular flexibility index (Phi) is 37.4. The lowest BCUT2D eigenvalue weighted by Gasteiger charge is -2.20. The first-order valence-corrected chi connectivity index (χ1v) is 23.4. The smallest absolute Gasteiger partial charge is 0.472 e. The highest BCUT2D eigenvalue weighted by atomic mass is 31.2. The van der Waals surface area contributed by atoms with Gasteiger partial charge in [-0.2, -0.15) is 0 Å². The van der Waals surface area contributed by atoms with Crippen LogP contribution >= 0.6 is 7.82 Å². The van der Waals surface area contributed by atoms with E-state index in [1.165, 1.54) is 96.3 Å². The number of hydrogen-bond acceptors (Lipinski definition) is 9. The average Bonchev–Trinajstić information content (AvgIpc) is 3.16. The van der Waals surface area contributed by atoms with Gasteiger partial charge >= 0.3 is 25.7 Å². The molecule has 0 saturated heterocycles. The largest absolute Gasteiger partial charge is 0.480 e. The van der Waals surface area contributed by atoms with Gasteiger partial charge in [-0.05, 0) is 44.9 Å². The standard InChI is InChI=1S/C43H80NO10P/c1-3-5-7-9-11-13-15-17-19-21-22-24-26-28-30-32-34-41(45)51-36-39(37-52-55(49,50)53-38-40(44)43(47)48)54-42(46)35-33-31-29-27-25-23-20-18-16-14-12-10-8-6-4-2/h12,14,18,20,39-40H,3-11,13,15-17,19,21-38,44H2,1-2H3,(H,47,48)(H,49,50)/b14-12+,20-18+/t39-,40+/m1/s1. The predicted molar refractivity (Wildman–Crippen MR) is 222 cm³/mol. The molecule has 0 aromatic carbocycles. The average molecular weight is 802 g/mol. The van der Waals surface area contributed by atoms with E-state index in [-0.39, 0.29) is 19.4 Å². The number of carbonyl (C=O) groups excluding carboxylic acids is 2. The summed E-state index contributed by atoms with van der Waals surface area (Å²) in [5.74, 6) is -2.39. The summed E-state index contributed by atoms with van der Waals surface area (Å²) in [6.45, 7) is 2.78. The first-order chi connectivity index (χ1) is 26.6. The van der Waals surface area contributed by atoms with Gasteiger partial charge in [0.15, 0.2) is 6.10 Å². The summed E-state index contributed by atoms with van der Waals surface area (Å²) in [5, 5.41) is 8.88. The number of ether oxygens (including phenoxy) is 2. The van der Waals surface area contributed by atoms with Gasteiger partial charge in [0.1, 0.15) is 12.6 Å². The number of phosphoric ester groups is 1. The molecule has 322 valence electrons. The van der Waals surface area contributed by atoms with Gasteiger partial charge in [0.05, 0.1) is 13.2 Å². The number of nitrogens with two attached hydrogens (primary N) is 1. The van der Waals surface area contributed by atoms with Gasteiger partial charge in [0, 0.05) is 12.8 Å². The number of rotatable bonds is 41. The zero-order valence-electron chi connectivity index (χ0n) is 34.8. The third-order valence-electron chi connectivity index (χ3n) is 9.45. The third-order valence-corrected chi connectivity index (χ3v) is 10.4. The van der Waals surface area contributed by atoms with Crippen molar-refractivity contribution in [2.45, 2.75) is 212 Å². The van der Waals surface area contributed by atoms with Crippen LogP contribution in [0.3, 0.4) is 0 Å². The van der Waals surface area contributed by atoms with Crippen molar-refractivity contribution in [2.75, 3.05) is 19.8 Å². The molecular weight excluding hydrogens is 721 g/mol. The monoisotopic (exact) mass is 802 g/mol. The summed E-state index contributed by atoms with van der Waals surface area (Å²) in [7, 11) is -4.71. The fraction of sp³-hybridized carbons (Fsp3) is 0.837. The minimum absolute atomic E-state index is 0.148. The lowest BCUT2D eigenvalue weighted by atomic mass is 10.0. The van der Waals surface area contributed by atoms with Crippen molar-refractivity contribution in [3.63, 3.8) is 0 Å². The molecule has 11 nitrogen and oxygen atoms in total. The highest BCUT2D eigenvalue weighted by Crippen LogP contribution is 2.43. The van der Waals surface area contributed by atoms with Crippen LogP contribution < -0.4 is 5.73 Å². The number of esters is 2. The number of hydrogen-bond donors (Lipinski definition) is 3. The molecule has 4 N–H and O–H groups in total. The van der Waals surface area contributed by atoms with Crippen molar-refractivity contribution in [3.05, 3.63) is 24.3 Å². The maximum Gasteiger partial charge on any atom is 0.472 e. The van der Waals surface area contributed by atoms with Crippen LogP contribution in [0.15, 0.2) is 24.3 Å². The number of carbonyl (C=O) groups is 3. The quantitative estimate of drug-likeness (QED) is 0.0232. The Bertz CT molecular complexity index is 1040. The number of carboxylic acids is 1. The molecular formula is C43H80NO10P. The van der Waals surface area contributed by atoms with E-state index in [2.05, 4.69) is 42.7 Å². The van der Waals surface area contributed by atoms with Gasteiger partial charge in [-0.1, -0.05) is 167 Å². The lowest BCUT2D eigenvalue weighted by Crippen LogP contribution is -2.34. The number of carboxylic acid groups (broad SMARTS) is 1. The van der Waals surface area contributed by atoms with Gasteiger partial charge in [-0.25, -0.2) is 4.57 Å². The first kappa shape index (κ1) is 53.0. The van der Waals surface area contributed by atoms with Crippen molar-refractivity contribution >= 4 is 25.7 Å². The van der Waals surface area contributed by atoms with E-state index in [1.807, 2.05) is 0 Å². The van der Waals surface area contributed by atoms with E-state index in [0.717, 1.165) is 64.2 Å². The minimum Gasteiger partial charge on any atom is -0.480 e. The Hall–Kier alpha value is -2.04. The van der Waals surface area contributed by atoms with Gasteiger partial charge in [-0.15, -0.1) is 0 Å². The summed E-state index contributed by atoms with van der Waals surface area (Å²) in [5.41, 5.74) is 5.33. The molecule has 12 heteroatoms. The summed E-state index contributed by atoms with van der Waals surface area (Å²) >= 11 is 0. The van der Waals surface area contributed by atoms with E-state index in [4.69, 9.17) is 24.8 Å². The minimum atomic E-state index is -4.71. The second kappa shape index (κ2) is 38.8. The lowest BCUT2D eigenvalue weighted by molar-refractivity contribution is -0.161. The summed E-state index contributed by atoms with van der Waals surface area (Å²) < 4.78 is 32.7. The van der Waals surface area contributed by atoms with Gasteiger partial charge in [0.2, 0.25) is 0 Å². The number of allylic oxidation sites excluding steroid dienone is 4. The zero-order chi connectivity index (χ0) is 40.7. The Morgan fingerprint density at radius 1 is 0.564 bits per heavy atom. The van der Waals surface area contributed by atoms with Crippen molar-refractivity contribution in [1.82, 2.24) is 0 Å². The number of aliphatic carboxylic acids is 1. The maximum absolute atomic E-state index is 12.6. The molecule has 55 heavy (non-hydrogen) atoms. The van der Waals surface area contributed by atoms with Crippen LogP contribution in [0.1, 0.15) is 200 Å². The third kappa shape index (κ3) is 38.6. The first-order valence-electron chi connectivity index (χ1n) is 21.9. The van der Waals surface area contributed by atoms with Crippen LogP contribution in [0.25, 0.3) is 0 Å². The molecule has 0 aromatic rings. The second-order valence-electron chi connectivity index (χ2n) is 14.8. The summed E-state index contributed by atoms with van der Waals surface area (Å²) in [6, 6.07) is -1.52. The normalized spacial score (nSPS) is 14.0. The van der Waals surface area contributed by atoms with Crippen LogP contribution in [0.5, 0.6) is 0 Å². The molecule has 0 aliphatic rings. The second-order valence-corrected chi connectivity index (χ2v) is 16.3. The Morgan fingerprint density at radius 2 is 0.964 bits per heavy atom. The Balaban J connectivity index is 4.36. The van der Waals surface area contributed by atoms with Crippen LogP contribution in [-0.4, -0.2) is 59.9 Å². The van der Waals surface area contributed by atoms with E-state index in [9.17, 15) is 23.8 Å². The van der Waals surface area contributed by atoms with Crippen LogP contribution in [-0.2, 0) is 37.5 Å². The molecule has 0 aromatic heterocycles. The number of phosphoric acid groups is 1. The van der Waals surface area contributed by atoms with Crippen molar-refractivity contribution in [3.8, 4) is 0 Å². The van der Waals surface area contributed by atoms with Crippen LogP contribution in [0, 0.1) is 0 Å². The molecule has 0 amide bonds. The molecule has 0 fully saturated rings. The Morgan fingerprint density at radius 3 is 1.45 bits per heavy atom. The maximum atomic E-state index is 12.6. The highest BCUT2D eigenvalue weighted by Gasteiger charge is 2.28. The molecule has 0 spiro atoms. The van der Waals surface area contributed by atoms with E-state index >= 15 is 0 Å². The SMILES string of the molecule is CCCCC/C=C/C/C=C/CCCCCCCC(=O)O[C@H](COC(=O)CCCCCCCCCCCCCCCCCC)COP(=O)(O)OC[C@H](N)C(=O)O. The highest BCUT2D eigenvalue weighted by molar-refractivity contribution is 7.47.